The first-order valence-corrected chi connectivity index (χ1v) is 5.57. The molecule has 1 aliphatic rings. The van der Waals surface area contributed by atoms with Gasteiger partial charge < -0.3 is 10.1 Å². The van der Waals surface area contributed by atoms with E-state index in [1.807, 2.05) is 0 Å². The van der Waals surface area contributed by atoms with Crippen molar-refractivity contribution < 1.29 is 13.5 Å². The number of hydrogen-bond acceptors (Lipinski definition) is 2. The van der Waals surface area contributed by atoms with Crippen molar-refractivity contribution in [3.05, 3.63) is 29.3 Å². The highest BCUT2D eigenvalue weighted by Gasteiger charge is 2.24. The van der Waals surface area contributed by atoms with E-state index < -0.39 is 11.6 Å². The Hall–Kier alpha value is -1.16. The molecule has 2 nitrogen and oxygen atoms in total. The predicted molar refractivity (Wildman–Crippen MR) is 57.5 cm³/mol. The zero-order chi connectivity index (χ0) is 11.5. The molecule has 1 aliphatic heterocycles. The standard InChI is InChI=1S/C12H15F2NO/c1-2-4-15-11-3-5-16-12-9(11)6-8(13)7-10(12)14/h6-7,11,15H,2-5H2,1H3. The molecule has 1 aromatic carbocycles. The van der Waals surface area contributed by atoms with E-state index in [-0.39, 0.29) is 11.8 Å². The van der Waals surface area contributed by atoms with E-state index in [1.54, 1.807) is 0 Å². The molecule has 1 heterocycles. The summed E-state index contributed by atoms with van der Waals surface area (Å²) in [6, 6.07) is 2.21. The Morgan fingerprint density at radius 2 is 2.25 bits per heavy atom. The maximum absolute atomic E-state index is 13.4. The van der Waals surface area contributed by atoms with Crippen LogP contribution >= 0.6 is 0 Å². The number of nitrogens with one attached hydrogen (secondary N) is 1. The van der Waals surface area contributed by atoms with Crippen LogP contribution in [0.25, 0.3) is 0 Å². The minimum Gasteiger partial charge on any atom is -0.490 e. The number of fused-ring (bicyclic) bond motifs is 1. The van der Waals surface area contributed by atoms with E-state index in [0.717, 1.165) is 25.5 Å². The van der Waals surface area contributed by atoms with Gasteiger partial charge in [-0.2, -0.15) is 0 Å². The molecular weight excluding hydrogens is 212 g/mol. The van der Waals surface area contributed by atoms with E-state index >= 15 is 0 Å². The Labute approximate surface area is 93.6 Å². The molecule has 0 aliphatic carbocycles. The largest absolute Gasteiger partial charge is 0.490 e. The molecule has 2 rings (SSSR count). The van der Waals surface area contributed by atoms with Crippen molar-refractivity contribution in [1.29, 1.82) is 0 Å². The lowest BCUT2D eigenvalue weighted by Gasteiger charge is -2.27. The molecule has 0 aromatic heterocycles. The van der Waals surface area contributed by atoms with Crippen molar-refractivity contribution in [3.8, 4) is 5.75 Å². The lowest BCUT2D eigenvalue weighted by molar-refractivity contribution is 0.240. The molecule has 16 heavy (non-hydrogen) atoms. The lowest BCUT2D eigenvalue weighted by Crippen LogP contribution is -2.28. The third-order valence-electron chi connectivity index (χ3n) is 2.71. The number of rotatable bonds is 3. The van der Waals surface area contributed by atoms with Crippen LogP contribution in [0.1, 0.15) is 31.4 Å². The van der Waals surface area contributed by atoms with Crippen LogP contribution in [0, 0.1) is 11.6 Å². The normalized spacial score (nSPS) is 19.1. The zero-order valence-corrected chi connectivity index (χ0v) is 9.22. The average molecular weight is 227 g/mol. The van der Waals surface area contributed by atoms with Gasteiger partial charge in [0.1, 0.15) is 5.82 Å². The van der Waals surface area contributed by atoms with E-state index in [9.17, 15) is 8.78 Å². The van der Waals surface area contributed by atoms with E-state index in [1.165, 1.54) is 6.07 Å². The van der Waals surface area contributed by atoms with Crippen molar-refractivity contribution in [1.82, 2.24) is 5.32 Å². The summed E-state index contributed by atoms with van der Waals surface area (Å²) in [5, 5.41) is 3.27. The molecule has 0 saturated heterocycles. The van der Waals surface area contributed by atoms with Crippen LogP contribution in [0.5, 0.6) is 5.75 Å². The Morgan fingerprint density at radius 3 is 3.00 bits per heavy atom. The van der Waals surface area contributed by atoms with Gasteiger partial charge >= 0.3 is 0 Å². The molecule has 0 spiro atoms. The molecule has 1 unspecified atom stereocenters. The highest BCUT2D eigenvalue weighted by atomic mass is 19.1. The Kier molecular flexibility index (Phi) is 3.39. The second kappa shape index (κ2) is 4.78. The number of halogens is 2. The van der Waals surface area contributed by atoms with E-state index in [0.29, 0.717) is 12.2 Å². The topological polar surface area (TPSA) is 21.3 Å². The van der Waals surface area contributed by atoms with Crippen molar-refractivity contribution in [2.75, 3.05) is 13.2 Å². The third kappa shape index (κ3) is 2.16. The van der Waals surface area contributed by atoms with Gasteiger partial charge in [0.25, 0.3) is 0 Å². The molecule has 0 saturated carbocycles. The summed E-state index contributed by atoms with van der Waals surface area (Å²) in [5.41, 5.74) is 0.595. The monoisotopic (exact) mass is 227 g/mol. The highest BCUT2D eigenvalue weighted by molar-refractivity contribution is 5.39. The fourth-order valence-electron chi connectivity index (χ4n) is 1.96. The van der Waals surface area contributed by atoms with Gasteiger partial charge in [-0.3, -0.25) is 0 Å². The molecule has 4 heteroatoms. The molecule has 1 atom stereocenters. The first-order valence-electron chi connectivity index (χ1n) is 5.57. The van der Waals surface area contributed by atoms with Crippen molar-refractivity contribution >= 4 is 0 Å². The molecule has 0 fully saturated rings. The van der Waals surface area contributed by atoms with Gasteiger partial charge in [0.05, 0.1) is 6.61 Å². The molecule has 1 aromatic rings. The highest BCUT2D eigenvalue weighted by Crippen LogP contribution is 2.34. The maximum Gasteiger partial charge on any atom is 0.168 e. The first-order chi connectivity index (χ1) is 7.72. The van der Waals surface area contributed by atoms with Crippen LogP contribution in [0.3, 0.4) is 0 Å². The van der Waals surface area contributed by atoms with Crippen LogP contribution < -0.4 is 10.1 Å². The van der Waals surface area contributed by atoms with E-state index in [2.05, 4.69) is 12.2 Å². The summed E-state index contributed by atoms with van der Waals surface area (Å²) in [4.78, 5) is 0. The lowest BCUT2D eigenvalue weighted by atomic mass is 10.00. The van der Waals surface area contributed by atoms with Crippen molar-refractivity contribution in [2.24, 2.45) is 0 Å². The third-order valence-corrected chi connectivity index (χ3v) is 2.71. The van der Waals surface area contributed by atoms with Gasteiger partial charge in [0, 0.05) is 24.1 Å². The van der Waals surface area contributed by atoms with Gasteiger partial charge in [0.15, 0.2) is 11.6 Å². The quantitative estimate of drug-likeness (QED) is 0.857. The zero-order valence-electron chi connectivity index (χ0n) is 9.22. The smallest absolute Gasteiger partial charge is 0.168 e. The molecular formula is C12H15F2NO. The summed E-state index contributed by atoms with van der Waals surface area (Å²) in [5.74, 6) is -0.968. The molecule has 0 bridgehead atoms. The number of ether oxygens (including phenoxy) is 1. The van der Waals surface area contributed by atoms with Crippen LogP contribution in [0.15, 0.2) is 12.1 Å². The number of hydrogen-bond donors (Lipinski definition) is 1. The Morgan fingerprint density at radius 1 is 1.44 bits per heavy atom. The minimum absolute atomic E-state index is 0.00565. The van der Waals surface area contributed by atoms with Gasteiger partial charge in [-0.25, -0.2) is 8.78 Å². The van der Waals surface area contributed by atoms with Crippen molar-refractivity contribution in [2.45, 2.75) is 25.8 Å². The van der Waals surface area contributed by atoms with Crippen LogP contribution in [0.2, 0.25) is 0 Å². The van der Waals surface area contributed by atoms with Crippen LogP contribution in [-0.2, 0) is 0 Å². The van der Waals surface area contributed by atoms with E-state index in [4.69, 9.17) is 4.74 Å². The number of benzene rings is 1. The van der Waals surface area contributed by atoms with Gasteiger partial charge in [0.2, 0.25) is 0 Å². The second-order valence-corrected chi connectivity index (χ2v) is 3.95. The van der Waals surface area contributed by atoms with Gasteiger partial charge in [-0.1, -0.05) is 6.92 Å². The summed E-state index contributed by atoms with van der Waals surface area (Å²) in [6.45, 7) is 3.36. The van der Waals surface area contributed by atoms with Crippen LogP contribution in [-0.4, -0.2) is 13.2 Å². The predicted octanol–water partition coefficient (Wildman–Crippen LogP) is 2.79. The summed E-state index contributed by atoms with van der Waals surface area (Å²) < 4.78 is 31.8. The molecule has 0 amide bonds. The molecule has 1 N–H and O–H groups in total. The molecule has 88 valence electrons. The van der Waals surface area contributed by atoms with Gasteiger partial charge in [-0.15, -0.1) is 0 Å². The fraction of sp³-hybridized carbons (Fsp3) is 0.500. The average Bonchev–Trinajstić information content (AvgIpc) is 2.26. The minimum atomic E-state index is -0.613. The summed E-state index contributed by atoms with van der Waals surface area (Å²) in [7, 11) is 0. The summed E-state index contributed by atoms with van der Waals surface area (Å²) >= 11 is 0. The molecule has 0 radical (unpaired) electrons. The maximum atomic E-state index is 13.4. The Bertz CT molecular complexity index is 382. The SMILES string of the molecule is CCCNC1CCOc2c(F)cc(F)cc21. The first kappa shape index (κ1) is 11.3. The fourth-order valence-corrected chi connectivity index (χ4v) is 1.96. The summed E-state index contributed by atoms with van der Waals surface area (Å²) in [6.07, 6.45) is 1.74. The van der Waals surface area contributed by atoms with Crippen molar-refractivity contribution in [3.63, 3.8) is 0 Å². The van der Waals surface area contributed by atoms with Crippen LogP contribution in [0.4, 0.5) is 8.78 Å². The second-order valence-electron chi connectivity index (χ2n) is 3.95. The van der Waals surface area contributed by atoms with Gasteiger partial charge in [-0.05, 0) is 19.0 Å². The Balaban J connectivity index is 2.30.